The third kappa shape index (κ3) is 2.34. The number of hydrogen-bond donors (Lipinski definition) is 1. The molecular weight excluding hydrogens is 267 g/mol. The minimum absolute atomic E-state index is 0.284. The summed E-state index contributed by atoms with van der Waals surface area (Å²) in [5, 5.41) is 0. The molecule has 1 fully saturated rings. The van der Waals surface area contributed by atoms with Gasteiger partial charge in [0, 0.05) is 6.54 Å². The Labute approximate surface area is 114 Å². The largest absolute Gasteiger partial charge is 0.416 e. The Balaban J connectivity index is 1.98. The van der Waals surface area contributed by atoms with Gasteiger partial charge in [0.25, 0.3) is 0 Å². The second-order valence-corrected chi connectivity index (χ2v) is 5.60. The lowest BCUT2D eigenvalue weighted by atomic mass is 10.1. The highest BCUT2D eigenvalue weighted by Crippen LogP contribution is 2.38. The van der Waals surface area contributed by atoms with Gasteiger partial charge in [-0.1, -0.05) is 6.92 Å². The molecule has 0 aliphatic heterocycles. The highest BCUT2D eigenvalue weighted by molar-refractivity contribution is 5.79. The van der Waals surface area contributed by atoms with Crippen LogP contribution in [0.4, 0.5) is 19.1 Å². The first-order chi connectivity index (χ1) is 9.36. The van der Waals surface area contributed by atoms with Gasteiger partial charge in [-0.05, 0) is 42.9 Å². The maximum Gasteiger partial charge on any atom is 0.416 e. The lowest BCUT2D eigenvalue weighted by molar-refractivity contribution is -0.137. The van der Waals surface area contributed by atoms with E-state index in [2.05, 4.69) is 11.9 Å². The molecule has 1 heterocycles. The molecule has 2 aromatic rings. The maximum absolute atomic E-state index is 12.7. The summed E-state index contributed by atoms with van der Waals surface area (Å²) in [5.41, 5.74) is 6.14. The van der Waals surface area contributed by atoms with Crippen LogP contribution in [0.2, 0.25) is 0 Å². The van der Waals surface area contributed by atoms with Crippen LogP contribution in [-0.2, 0) is 12.7 Å². The molecule has 0 saturated heterocycles. The number of nitrogens with two attached hydrogens (primary N) is 1. The summed E-state index contributed by atoms with van der Waals surface area (Å²) in [4.78, 5) is 4.06. The quantitative estimate of drug-likeness (QED) is 0.933. The highest BCUT2D eigenvalue weighted by atomic mass is 19.4. The lowest BCUT2D eigenvalue weighted by Crippen LogP contribution is -2.11. The number of anilines is 1. The minimum atomic E-state index is -4.35. The van der Waals surface area contributed by atoms with E-state index in [4.69, 9.17) is 5.73 Å². The first-order valence-electron chi connectivity index (χ1n) is 6.69. The molecular formula is C14H16F3N3. The van der Waals surface area contributed by atoms with Crippen molar-refractivity contribution >= 4 is 17.0 Å². The van der Waals surface area contributed by atoms with E-state index in [0.717, 1.165) is 12.1 Å². The van der Waals surface area contributed by atoms with E-state index in [1.165, 1.54) is 18.9 Å². The Kier molecular flexibility index (Phi) is 2.92. The average Bonchev–Trinajstić information content (AvgIpc) is 3.15. The molecule has 20 heavy (non-hydrogen) atoms. The van der Waals surface area contributed by atoms with Gasteiger partial charge in [0.05, 0.1) is 16.6 Å². The van der Waals surface area contributed by atoms with Crippen LogP contribution in [0.25, 0.3) is 11.0 Å². The number of hydrogen-bond acceptors (Lipinski definition) is 2. The van der Waals surface area contributed by atoms with E-state index < -0.39 is 11.7 Å². The zero-order valence-electron chi connectivity index (χ0n) is 11.1. The normalized spacial score (nSPS) is 17.6. The lowest BCUT2D eigenvalue weighted by Gasteiger charge is -2.13. The number of imidazole rings is 1. The summed E-state index contributed by atoms with van der Waals surface area (Å²) in [6, 6.07) is 3.60. The van der Waals surface area contributed by atoms with Crippen molar-refractivity contribution in [3.8, 4) is 0 Å². The number of nitrogen functional groups attached to an aromatic ring is 1. The molecule has 1 aliphatic rings. The second-order valence-electron chi connectivity index (χ2n) is 5.60. The molecule has 1 aromatic heterocycles. The molecule has 6 heteroatoms. The van der Waals surface area contributed by atoms with Gasteiger partial charge in [-0.25, -0.2) is 4.98 Å². The van der Waals surface area contributed by atoms with Crippen LogP contribution in [0.15, 0.2) is 18.2 Å². The molecule has 0 spiro atoms. The van der Waals surface area contributed by atoms with Crippen molar-refractivity contribution in [2.75, 3.05) is 5.73 Å². The molecule has 0 radical (unpaired) electrons. The number of aromatic nitrogens is 2. The van der Waals surface area contributed by atoms with Crippen molar-refractivity contribution < 1.29 is 13.2 Å². The van der Waals surface area contributed by atoms with Gasteiger partial charge in [-0.3, -0.25) is 0 Å². The SMILES string of the molecule is CC(Cn1c(N)nc2cc(C(F)(F)F)ccc21)C1CC1. The van der Waals surface area contributed by atoms with Crippen LogP contribution in [0, 0.1) is 11.8 Å². The Morgan fingerprint density at radius 1 is 1.40 bits per heavy atom. The summed E-state index contributed by atoms with van der Waals surface area (Å²) in [6.07, 6.45) is -1.90. The first-order valence-corrected chi connectivity index (χ1v) is 6.69. The van der Waals surface area contributed by atoms with Crippen molar-refractivity contribution in [1.29, 1.82) is 0 Å². The fraction of sp³-hybridized carbons (Fsp3) is 0.500. The van der Waals surface area contributed by atoms with E-state index in [1.807, 2.05) is 4.57 Å². The molecule has 1 unspecified atom stereocenters. The molecule has 2 N–H and O–H groups in total. The zero-order chi connectivity index (χ0) is 14.5. The van der Waals surface area contributed by atoms with Crippen LogP contribution in [0.3, 0.4) is 0 Å². The predicted octanol–water partition coefficient (Wildman–Crippen LogP) is 3.68. The number of rotatable bonds is 3. The second kappa shape index (κ2) is 4.40. The van der Waals surface area contributed by atoms with Crippen LogP contribution in [0.5, 0.6) is 0 Å². The molecule has 1 aromatic carbocycles. The van der Waals surface area contributed by atoms with Gasteiger partial charge < -0.3 is 10.3 Å². The Morgan fingerprint density at radius 3 is 2.70 bits per heavy atom. The number of benzene rings is 1. The molecule has 3 rings (SSSR count). The Morgan fingerprint density at radius 2 is 2.10 bits per heavy atom. The molecule has 0 amide bonds. The van der Waals surface area contributed by atoms with Crippen LogP contribution >= 0.6 is 0 Å². The van der Waals surface area contributed by atoms with Gasteiger partial charge in [0.1, 0.15) is 0 Å². The molecule has 1 aliphatic carbocycles. The molecule has 0 bridgehead atoms. The monoisotopic (exact) mass is 283 g/mol. The summed E-state index contributed by atoms with van der Waals surface area (Å²) in [6.45, 7) is 2.85. The van der Waals surface area contributed by atoms with Gasteiger partial charge in [-0.2, -0.15) is 13.2 Å². The molecule has 3 nitrogen and oxygen atoms in total. The summed E-state index contributed by atoms with van der Waals surface area (Å²) >= 11 is 0. The van der Waals surface area contributed by atoms with Gasteiger partial charge in [0.15, 0.2) is 0 Å². The summed E-state index contributed by atoms with van der Waals surface area (Å²) < 4.78 is 39.9. The van der Waals surface area contributed by atoms with Crippen LogP contribution < -0.4 is 5.73 Å². The summed E-state index contributed by atoms with van der Waals surface area (Å²) in [7, 11) is 0. The average molecular weight is 283 g/mol. The van der Waals surface area contributed by atoms with Gasteiger partial charge >= 0.3 is 6.18 Å². The Hall–Kier alpha value is -1.72. The third-order valence-electron chi connectivity index (χ3n) is 4.00. The van der Waals surface area contributed by atoms with Gasteiger partial charge in [-0.15, -0.1) is 0 Å². The first kappa shape index (κ1) is 13.3. The van der Waals surface area contributed by atoms with Crippen LogP contribution in [0.1, 0.15) is 25.3 Å². The van der Waals surface area contributed by atoms with E-state index in [-0.39, 0.29) is 5.95 Å². The molecule has 108 valence electrons. The number of fused-ring (bicyclic) bond motifs is 1. The smallest absolute Gasteiger partial charge is 0.369 e. The van der Waals surface area contributed by atoms with Crippen LogP contribution in [-0.4, -0.2) is 9.55 Å². The van der Waals surface area contributed by atoms with Crippen molar-refractivity contribution in [3.63, 3.8) is 0 Å². The molecule has 1 saturated carbocycles. The third-order valence-corrected chi connectivity index (χ3v) is 4.00. The minimum Gasteiger partial charge on any atom is -0.369 e. The fourth-order valence-electron chi connectivity index (χ4n) is 2.62. The number of alkyl halides is 3. The maximum atomic E-state index is 12.7. The molecule has 1 atom stereocenters. The van der Waals surface area contributed by atoms with E-state index >= 15 is 0 Å². The Bertz CT molecular complexity index is 641. The van der Waals surface area contributed by atoms with Crippen molar-refractivity contribution in [2.24, 2.45) is 11.8 Å². The van der Waals surface area contributed by atoms with E-state index in [1.54, 1.807) is 0 Å². The highest BCUT2D eigenvalue weighted by Gasteiger charge is 2.32. The van der Waals surface area contributed by atoms with Crippen molar-refractivity contribution in [3.05, 3.63) is 23.8 Å². The standard InChI is InChI=1S/C14H16F3N3/c1-8(9-2-3-9)7-20-12-5-4-10(14(15,16)17)6-11(12)19-13(20)18/h4-6,8-9H,2-3,7H2,1H3,(H2,18,19). The zero-order valence-corrected chi connectivity index (χ0v) is 11.1. The predicted molar refractivity (Wildman–Crippen MR) is 71.0 cm³/mol. The fourth-order valence-corrected chi connectivity index (χ4v) is 2.62. The van der Waals surface area contributed by atoms with Crippen molar-refractivity contribution in [2.45, 2.75) is 32.5 Å². The number of nitrogens with zero attached hydrogens (tertiary/aromatic N) is 2. The van der Waals surface area contributed by atoms with Gasteiger partial charge in [0.2, 0.25) is 5.95 Å². The van der Waals surface area contributed by atoms with Crippen molar-refractivity contribution in [1.82, 2.24) is 9.55 Å². The number of halogens is 3. The summed E-state index contributed by atoms with van der Waals surface area (Å²) in [5.74, 6) is 1.46. The van der Waals surface area contributed by atoms with E-state index in [0.29, 0.717) is 29.4 Å². The van der Waals surface area contributed by atoms with E-state index in [9.17, 15) is 13.2 Å². The topological polar surface area (TPSA) is 43.8 Å².